The standard InChI is InChI=1S/C14H18O4/c1-4-18-14-10(3)7-9(2)8-11(14)12(15)5-6-13(16)17/h7-8H,4-6H2,1-3H3,(H,16,17). The summed E-state index contributed by atoms with van der Waals surface area (Å²) in [6.07, 6.45) is -0.157. The lowest BCUT2D eigenvalue weighted by atomic mass is 10.00. The molecule has 98 valence electrons. The average molecular weight is 250 g/mol. The van der Waals surface area contributed by atoms with Crippen LogP contribution < -0.4 is 4.74 Å². The van der Waals surface area contributed by atoms with Gasteiger partial charge in [0.05, 0.1) is 18.6 Å². The number of carboxylic acids is 1. The van der Waals surface area contributed by atoms with Crippen molar-refractivity contribution in [2.45, 2.75) is 33.6 Å². The first kappa shape index (κ1) is 14.2. The third-order valence-corrected chi connectivity index (χ3v) is 2.57. The number of ether oxygens (including phenoxy) is 1. The third-order valence-electron chi connectivity index (χ3n) is 2.57. The maximum absolute atomic E-state index is 12.0. The Morgan fingerprint density at radius 1 is 1.22 bits per heavy atom. The minimum Gasteiger partial charge on any atom is -0.493 e. The van der Waals surface area contributed by atoms with Crippen molar-refractivity contribution in [3.8, 4) is 5.75 Å². The van der Waals surface area contributed by atoms with Gasteiger partial charge in [-0.25, -0.2) is 0 Å². The Morgan fingerprint density at radius 2 is 1.89 bits per heavy atom. The van der Waals surface area contributed by atoms with E-state index in [2.05, 4.69) is 0 Å². The Bertz CT molecular complexity index is 463. The van der Waals surface area contributed by atoms with Crippen LogP contribution in [0.5, 0.6) is 5.75 Å². The van der Waals surface area contributed by atoms with E-state index in [4.69, 9.17) is 9.84 Å². The van der Waals surface area contributed by atoms with Crippen molar-refractivity contribution in [3.05, 3.63) is 28.8 Å². The fraction of sp³-hybridized carbons (Fsp3) is 0.429. The number of aryl methyl sites for hydroxylation is 2. The zero-order chi connectivity index (χ0) is 13.7. The van der Waals surface area contributed by atoms with Gasteiger partial charge in [-0.3, -0.25) is 9.59 Å². The van der Waals surface area contributed by atoms with Gasteiger partial charge in [-0.2, -0.15) is 0 Å². The van der Waals surface area contributed by atoms with Crippen molar-refractivity contribution in [3.63, 3.8) is 0 Å². The van der Waals surface area contributed by atoms with E-state index >= 15 is 0 Å². The van der Waals surface area contributed by atoms with E-state index in [0.717, 1.165) is 11.1 Å². The molecular formula is C14H18O4. The highest BCUT2D eigenvalue weighted by Gasteiger charge is 2.16. The highest BCUT2D eigenvalue weighted by Crippen LogP contribution is 2.27. The van der Waals surface area contributed by atoms with E-state index in [1.54, 1.807) is 6.07 Å². The first-order valence-electron chi connectivity index (χ1n) is 5.94. The fourth-order valence-corrected chi connectivity index (χ4v) is 1.85. The lowest BCUT2D eigenvalue weighted by Crippen LogP contribution is -2.08. The molecule has 1 rings (SSSR count). The highest BCUT2D eigenvalue weighted by atomic mass is 16.5. The summed E-state index contributed by atoms with van der Waals surface area (Å²) in [6.45, 7) is 6.11. The molecule has 0 aliphatic carbocycles. The van der Waals surface area contributed by atoms with Gasteiger partial charge in [0.2, 0.25) is 0 Å². The molecular weight excluding hydrogens is 232 g/mol. The molecule has 1 aromatic carbocycles. The summed E-state index contributed by atoms with van der Waals surface area (Å²) < 4.78 is 5.48. The molecule has 0 unspecified atom stereocenters. The number of carboxylic acid groups (broad SMARTS) is 1. The largest absolute Gasteiger partial charge is 0.493 e. The summed E-state index contributed by atoms with van der Waals surface area (Å²) in [5.74, 6) is -0.586. The minimum absolute atomic E-state index is 0.00169. The van der Waals surface area contributed by atoms with Crippen LogP contribution in [0.2, 0.25) is 0 Å². The van der Waals surface area contributed by atoms with Gasteiger partial charge < -0.3 is 9.84 Å². The van der Waals surface area contributed by atoms with Crippen LogP contribution in [0, 0.1) is 13.8 Å². The molecule has 0 radical (unpaired) electrons. The van der Waals surface area contributed by atoms with E-state index < -0.39 is 5.97 Å². The van der Waals surface area contributed by atoms with Crippen molar-refractivity contribution < 1.29 is 19.4 Å². The van der Waals surface area contributed by atoms with Crippen LogP contribution in [-0.2, 0) is 4.79 Å². The van der Waals surface area contributed by atoms with Gasteiger partial charge in [0.1, 0.15) is 5.75 Å². The first-order chi connectivity index (χ1) is 8.45. The first-order valence-corrected chi connectivity index (χ1v) is 5.94. The molecule has 0 heterocycles. The summed E-state index contributed by atoms with van der Waals surface area (Å²) in [4.78, 5) is 22.5. The van der Waals surface area contributed by atoms with Gasteiger partial charge in [-0.15, -0.1) is 0 Å². The number of carbonyl (C=O) groups is 2. The molecule has 0 amide bonds. The Labute approximate surface area is 107 Å². The van der Waals surface area contributed by atoms with Crippen molar-refractivity contribution >= 4 is 11.8 Å². The number of hydrogen-bond donors (Lipinski definition) is 1. The van der Waals surface area contributed by atoms with E-state index in [1.165, 1.54) is 0 Å². The van der Waals surface area contributed by atoms with E-state index in [1.807, 2.05) is 26.8 Å². The third kappa shape index (κ3) is 3.58. The zero-order valence-electron chi connectivity index (χ0n) is 10.9. The summed E-state index contributed by atoms with van der Waals surface area (Å²) in [6, 6.07) is 3.70. The van der Waals surface area contributed by atoms with Crippen LogP contribution in [0.15, 0.2) is 12.1 Å². The van der Waals surface area contributed by atoms with Gasteiger partial charge >= 0.3 is 5.97 Å². The van der Waals surface area contributed by atoms with E-state index in [0.29, 0.717) is 17.9 Å². The number of ketones is 1. The molecule has 18 heavy (non-hydrogen) atoms. The molecule has 0 aromatic heterocycles. The normalized spacial score (nSPS) is 10.2. The van der Waals surface area contributed by atoms with Crippen LogP contribution in [0.25, 0.3) is 0 Å². The summed E-state index contributed by atoms with van der Waals surface area (Å²) in [5.41, 5.74) is 2.35. The predicted octanol–water partition coefficient (Wildman–Crippen LogP) is 2.75. The SMILES string of the molecule is CCOc1c(C)cc(C)cc1C(=O)CCC(=O)O. The number of rotatable bonds is 6. The number of hydrogen-bond acceptors (Lipinski definition) is 3. The molecule has 1 aromatic rings. The second-order valence-corrected chi connectivity index (χ2v) is 4.21. The molecule has 0 saturated carbocycles. The molecule has 0 fully saturated rings. The highest BCUT2D eigenvalue weighted by molar-refractivity contribution is 6.00. The van der Waals surface area contributed by atoms with Crippen LogP contribution in [0.3, 0.4) is 0 Å². The molecule has 0 spiro atoms. The van der Waals surface area contributed by atoms with Crippen LogP contribution in [0.1, 0.15) is 41.3 Å². The van der Waals surface area contributed by atoms with Crippen molar-refractivity contribution in [1.82, 2.24) is 0 Å². The van der Waals surface area contributed by atoms with Crippen LogP contribution >= 0.6 is 0 Å². The molecule has 0 atom stereocenters. The topological polar surface area (TPSA) is 63.6 Å². The minimum atomic E-state index is -0.967. The number of carbonyl (C=O) groups excluding carboxylic acids is 1. The Hall–Kier alpha value is -1.84. The number of Topliss-reactive ketones (excluding diaryl/α,β-unsaturated/α-hetero) is 1. The predicted molar refractivity (Wildman–Crippen MR) is 68.3 cm³/mol. The lowest BCUT2D eigenvalue weighted by molar-refractivity contribution is -0.136. The van der Waals surface area contributed by atoms with Crippen molar-refractivity contribution in [1.29, 1.82) is 0 Å². The summed E-state index contributed by atoms with van der Waals surface area (Å²) in [5, 5.41) is 8.61. The van der Waals surface area contributed by atoms with E-state index in [-0.39, 0.29) is 18.6 Å². The van der Waals surface area contributed by atoms with Gasteiger partial charge in [0.25, 0.3) is 0 Å². The van der Waals surface area contributed by atoms with Crippen LogP contribution in [-0.4, -0.2) is 23.5 Å². The number of aliphatic carboxylic acids is 1. The molecule has 1 N–H and O–H groups in total. The van der Waals surface area contributed by atoms with Gasteiger partial charge in [-0.05, 0) is 38.0 Å². The molecule has 0 bridgehead atoms. The van der Waals surface area contributed by atoms with Gasteiger partial charge in [-0.1, -0.05) is 6.07 Å². The van der Waals surface area contributed by atoms with Gasteiger partial charge in [0.15, 0.2) is 5.78 Å². The Balaban J connectivity index is 3.05. The Morgan fingerprint density at radius 3 is 2.44 bits per heavy atom. The Kier molecular flexibility index (Phi) is 4.89. The fourth-order valence-electron chi connectivity index (χ4n) is 1.85. The molecule has 0 aliphatic rings. The van der Waals surface area contributed by atoms with E-state index in [9.17, 15) is 9.59 Å². The van der Waals surface area contributed by atoms with Crippen molar-refractivity contribution in [2.24, 2.45) is 0 Å². The quantitative estimate of drug-likeness (QED) is 0.788. The molecule has 4 nitrogen and oxygen atoms in total. The number of benzene rings is 1. The lowest BCUT2D eigenvalue weighted by Gasteiger charge is -2.13. The summed E-state index contributed by atoms with van der Waals surface area (Å²) >= 11 is 0. The second kappa shape index (κ2) is 6.19. The maximum atomic E-state index is 12.0. The second-order valence-electron chi connectivity index (χ2n) is 4.21. The molecule has 0 aliphatic heterocycles. The smallest absolute Gasteiger partial charge is 0.303 e. The van der Waals surface area contributed by atoms with Crippen molar-refractivity contribution in [2.75, 3.05) is 6.61 Å². The zero-order valence-corrected chi connectivity index (χ0v) is 10.9. The molecule has 0 saturated heterocycles. The maximum Gasteiger partial charge on any atom is 0.303 e. The summed E-state index contributed by atoms with van der Waals surface area (Å²) in [7, 11) is 0. The van der Waals surface area contributed by atoms with Gasteiger partial charge in [0, 0.05) is 6.42 Å². The molecule has 4 heteroatoms. The monoisotopic (exact) mass is 250 g/mol. The average Bonchev–Trinajstić information content (AvgIpc) is 2.29. The van der Waals surface area contributed by atoms with Crippen LogP contribution in [0.4, 0.5) is 0 Å².